The predicted molar refractivity (Wildman–Crippen MR) is 89.4 cm³/mol. The van der Waals surface area contributed by atoms with Crippen molar-refractivity contribution in [1.29, 1.82) is 0 Å². The molecule has 0 saturated heterocycles. The van der Waals surface area contributed by atoms with Gasteiger partial charge in [-0.25, -0.2) is 0 Å². The van der Waals surface area contributed by atoms with Crippen LogP contribution in [0.2, 0.25) is 0 Å². The zero-order chi connectivity index (χ0) is 15.5. The zero-order valence-electron chi connectivity index (χ0n) is 12.7. The molecule has 3 heteroatoms. The Balaban J connectivity index is 1.74. The fourth-order valence-electron chi connectivity index (χ4n) is 1.96. The topological polar surface area (TPSA) is 38.7 Å². The lowest BCUT2D eigenvalue weighted by Gasteiger charge is -2.05. The Morgan fingerprint density at radius 3 is 2.05 bits per heavy atom. The van der Waals surface area contributed by atoms with Gasteiger partial charge < -0.3 is 14.6 Å². The van der Waals surface area contributed by atoms with Crippen LogP contribution in [-0.4, -0.2) is 31.5 Å². The van der Waals surface area contributed by atoms with Gasteiger partial charge in [0.05, 0.1) is 33.0 Å². The molecular weight excluding hydrogens is 276 g/mol. The Hall–Kier alpha value is -1.94. The van der Waals surface area contributed by atoms with Crippen molar-refractivity contribution in [3.63, 3.8) is 0 Å². The van der Waals surface area contributed by atoms with Crippen LogP contribution in [0.4, 0.5) is 0 Å². The first-order valence-corrected chi connectivity index (χ1v) is 7.47. The van der Waals surface area contributed by atoms with Crippen LogP contribution in [0.15, 0.2) is 54.6 Å². The van der Waals surface area contributed by atoms with E-state index in [4.69, 9.17) is 14.6 Å². The minimum atomic E-state index is 0.0535. The van der Waals surface area contributed by atoms with E-state index in [1.807, 2.05) is 18.2 Å². The van der Waals surface area contributed by atoms with Crippen molar-refractivity contribution in [2.24, 2.45) is 0 Å². The van der Waals surface area contributed by atoms with E-state index in [0.29, 0.717) is 26.4 Å². The van der Waals surface area contributed by atoms with Crippen LogP contribution >= 0.6 is 0 Å². The molecule has 0 amide bonds. The molecule has 22 heavy (non-hydrogen) atoms. The van der Waals surface area contributed by atoms with Gasteiger partial charge in [-0.15, -0.1) is 0 Å². The summed E-state index contributed by atoms with van der Waals surface area (Å²) in [4.78, 5) is 0. The Morgan fingerprint density at radius 1 is 0.727 bits per heavy atom. The molecule has 116 valence electrons. The zero-order valence-corrected chi connectivity index (χ0v) is 12.7. The molecule has 0 heterocycles. The Bertz CT molecular complexity index is 547. The van der Waals surface area contributed by atoms with Gasteiger partial charge in [0.1, 0.15) is 0 Å². The van der Waals surface area contributed by atoms with Gasteiger partial charge in [0.25, 0.3) is 0 Å². The van der Waals surface area contributed by atoms with Gasteiger partial charge in [-0.05, 0) is 16.7 Å². The molecule has 0 spiro atoms. The summed E-state index contributed by atoms with van der Waals surface area (Å²) in [5, 5.41) is 8.57. The first kappa shape index (κ1) is 16.4. The van der Waals surface area contributed by atoms with E-state index < -0.39 is 0 Å². The van der Waals surface area contributed by atoms with Crippen LogP contribution in [0.5, 0.6) is 0 Å². The molecule has 2 aromatic carbocycles. The highest BCUT2D eigenvalue weighted by Gasteiger charge is 1.94. The number of hydrogen-bond donors (Lipinski definition) is 1. The molecule has 0 atom stereocenters. The van der Waals surface area contributed by atoms with Gasteiger partial charge in [0, 0.05) is 0 Å². The van der Waals surface area contributed by atoms with Crippen molar-refractivity contribution in [1.82, 2.24) is 0 Å². The fourth-order valence-corrected chi connectivity index (χ4v) is 1.96. The van der Waals surface area contributed by atoms with Crippen molar-refractivity contribution in [3.8, 4) is 0 Å². The smallest absolute Gasteiger partial charge is 0.0718 e. The maximum Gasteiger partial charge on any atom is 0.0718 e. The maximum absolute atomic E-state index is 8.57. The van der Waals surface area contributed by atoms with Crippen LogP contribution in [0.25, 0.3) is 12.2 Å². The molecular formula is C19H22O3. The molecule has 0 bridgehead atoms. The first-order chi connectivity index (χ1) is 10.9. The van der Waals surface area contributed by atoms with Crippen LogP contribution in [0, 0.1) is 0 Å². The van der Waals surface area contributed by atoms with E-state index in [-0.39, 0.29) is 6.61 Å². The lowest BCUT2D eigenvalue weighted by molar-refractivity contribution is 0.0274. The van der Waals surface area contributed by atoms with Crippen molar-refractivity contribution in [2.45, 2.75) is 6.61 Å². The standard InChI is InChI=1S/C19H22O3/c20-12-13-21-14-15-22-16-19-10-8-18(9-11-19)7-6-17-4-2-1-3-5-17/h1-11,20H,12-16H2. The van der Waals surface area contributed by atoms with Gasteiger partial charge in [0.15, 0.2) is 0 Å². The molecule has 0 radical (unpaired) electrons. The third-order valence-electron chi connectivity index (χ3n) is 3.12. The molecule has 0 unspecified atom stereocenters. The van der Waals surface area contributed by atoms with Crippen molar-refractivity contribution in [2.75, 3.05) is 26.4 Å². The molecule has 0 aliphatic heterocycles. The second kappa shape index (κ2) is 9.90. The van der Waals surface area contributed by atoms with Gasteiger partial charge in [-0.2, -0.15) is 0 Å². The minimum absolute atomic E-state index is 0.0535. The summed E-state index contributed by atoms with van der Waals surface area (Å²) in [6, 6.07) is 18.5. The Labute approximate surface area is 131 Å². The normalized spacial score (nSPS) is 11.1. The third kappa shape index (κ3) is 6.22. The quantitative estimate of drug-likeness (QED) is 0.570. The number of ether oxygens (including phenoxy) is 2. The summed E-state index contributed by atoms with van der Waals surface area (Å²) >= 11 is 0. The highest BCUT2D eigenvalue weighted by molar-refractivity contribution is 5.69. The largest absolute Gasteiger partial charge is 0.394 e. The second-order valence-corrected chi connectivity index (χ2v) is 4.87. The molecule has 0 fully saturated rings. The number of benzene rings is 2. The van der Waals surface area contributed by atoms with E-state index in [1.54, 1.807) is 0 Å². The van der Waals surface area contributed by atoms with Gasteiger partial charge in [-0.3, -0.25) is 0 Å². The number of aliphatic hydroxyl groups excluding tert-OH is 1. The van der Waals surface area contributed by atoms with Crippen LogP contribution < -0.4 is 0 Å². The lowest BCUT2D eigenvalue weighted by Crippen LogP contribution is -2.07. The minimum Gasteiger partial charge on any atom is -0.394 e. The van der Waals surface area contributed by atoms with E-state index in [0.717, 1.165) is 5.56 Å². The Kier molecular flexibility index (Phi) is 7.39. The summed E-state index contributed by atoms with van der Waals surface area (Å²) in [6.45, 7) is 2.04. The number of rotatable bonds is 9. The average Bonchev–Trinajstić information content (AvgIpc) is 2.58. The predicted octanol–water partition coefficient (Wildman–Crippen LogP) is 3.38. The second-order valence-electron chi connectivity index (χ2n) is 4.87. The fraction of sp³-hybridized carbons (Fsp3) is 0.263. The summed E-state index contributed by atoms with van der Waals surface area (Å²) < 4.78 is 10.6. The van der Waals surface area contributed by atoms with Crippen molar-refractivity contribution in [3.05, 3.63) is 71.3 Å². The van der Waals surface area contributed by atoms with Crippen LogP contribution in [0.1, 0.15) is 16.7 Å². The SMILES string of the molecule is OCCOCCOCc1ccc(C=Cc2ccccc2)cc1. The summed E-state index contributed by atoms with van der Waals surface area (Å²) in [5.41, 5.74) is 3.50. The van der Waals surface area contributed by atoms with E-state index in [2.05, 4.69) is 48.6 Å². The monoisotopic (exact) mass is 298 g/mol. The summed E-state index contributed by atoms with van der Waals surface area (Å²) in [5.74, 6) is 0. The van der Waals surface area contributed by atoms with E-state index >= 15 is 0 Å². The summed E-state index contributed by atoms with van der Waals surface area (Å²) in [7, 11) is 0. The molecule has 2 rings (SSSR count). The average molecular weight is 298 g/mol. The first-order valence-electron chi connectivity index (χ1n) is 7.47. The molecule has 0 aliphatic rings. The molecule has 0 aromatic heterocycles. The molecule has 3 nitrogen and oxygen atoms in total. The third-order valence-corrected chi connectivity index (χ3v) is 3.12. The maximum atomic E-state index is 8.57. The molecule has 2 aromatic rings. The van der Waals surface area contributed by atoms with Gasteiger partial charge in [0.2, 0.25) is 0 Å². The van der Waals surface area contributed by atoms with Crippen LogP contribution in [0.3, 0.4) is 0 Å². The van der Waals surface area contributed by atoms with Gasteiger partial charge in [-0.1, -0.05) is 66.7 Å². The Morgan fingerprint density at radius 2 is 1.36 bits per heavy atom. The highest BCUT2D eigenvalue weighted by atomic mass is 16.5. The van der Waals surface area contributed by atoms with Crippen LogP contribution in [-0.2, 0) is 16.1 Å². The molecule has 0 aliphatic carbocycles. The van der Waals surface area contributed by atoms with E-state index in [1.165, 1.54) is 11.1 Å². The van der Waals surface area contributed by atoms with E-state index in [9.17, 15) is 0 Å². The molecule has 0 saturated carbocycles. The number of aliphatic hydroxyl groups is 1. The summed E-state index contributed by atoms with van der Waals surface area (Å²) in [6.07, 6.45) is 4.20. The van der Waals surface area contributed by atoms with Gasteiger partial charge >= 0.3 is 0 Å². The molecule has 1 N–H and O–H groups in total. The van der Waals surface area contributed by atoms with Crippen molar-refractivity contribution >= 4 is 12.2 Å². The lowest BCUT2D eigenvalue weighted by atomic mass is 10.1. The van der Waals surface area contributed by atoms with Crippen molar-refractivity contribution < 1.29 is 14.6 Å². The number of hydrogen-bond acceptors (Lipinski definition) is 3. The highest BCUT2D eigenvalue weighted by Crippen LogP contribution is 2.10.